The molecule has 0 unspecified atom stereocenters. The molecule has 21 heavy (non-hydrogen) atoms. The predicted octanol–water partition coefficient (Wildman–Crippen LogP) is 3.66. The summed E-state index contributed by atoms with van der Waals surface area (Å²) < 4.78 is 0. The number of rotatable bonds is 9. The second-order valence-electron chi connectivity index (χ2n) is 5.69. The van der Waals surface area contributed by atoms with Gasteiger partial charge in [0.2, 0.25) is 0 Å². The fourth-order valence-electron chi connectivity index (χ4n) is 2.11. The molecule has 0 aliphatic rings. The van der Waals surface area contributed by atoms with E-state index in [-0.39, 0.29) is 0 Å². The van der Waals surface area contributed by atoms with E-state index < -0.39 is 0 Å². The van der Waals surface area contributed by atoms with Gasteiger partial charge in [-0.05, 0) is 69.8 Å². The molecular weight excluding hydrogens is 278 g/mol. The molecule has 0 spiro atoms. The first kappa shape index (κ1) is 17.9. The number of hydrogen-bond donors (Lipinski definition) is 2. The van der Waals surface area contributed by atoms with Crippen molar-refractivity contribution in [3.05, 3.63) is 29.8 Å². The molecule has 3 nitrogen and oxygen atoms in total. The summed E-state index contributed by atoms with van der Waals surface area (Å²) in [5, 5.41) is 7.17. The van der Waals surface area contributed by atoms with Gasteiger partial charge >= 0.3 is 0 Å². The maximum absolute atomic E-state index is 5.30. The van der Waals surface area contributed by atoms with Crippen molar-refractivity contribution >= 4 is 23.0 Å². The van der Waals surface area contributed by atoms with Crippen LogP contribution in [0.2, 0.25) is 0 Å². The average Bonchev–Trinajstić information content (AvgIpc) is 2.45. The van der Waals surface area contributed by atoms with Crippen LogP contribution in [0.15, 0.2) is 24.3 Å². The Hall–Kier alpha value is -1.13. The van der Waals surface area contributed by atoms with Crippen LogP contribution in [-0.2, 0) is 6.42 Å². The van der Waals surface area contributed by atoms with Crippen LogP contribution in [-0.4, -0.2) is 37.2 Å². The zero-order chi connectivity index (χ0) is 15.5. The van der Waals surface area contributed by atoms with Crippen LogP contribution in [0.3, 0.4) is 0 Å². The van der Waals surface area contributed by atoms with Gasteiger partial charge in [0.25, 0.3) is 0 Å². The second-order valence-corrected chi connectivity index (χ2v) is 6.10. The number of unbranched alkanes of at least 4 members (excludes halogenated alkanes) is 2. The van der Waals surface area contributed by atoms with Crippen molar-refractivity contribution in [3.8, 4) is 0 Å². The van der Waals surface area contributed by atoms with Gasteiger partial charge in [0, 0.05) is 12.2 Å². The number of anilines is 1. The van der Waals surface area contributed by atoms with Crippen molar-refractivity contribution in [2.75, 3.05) is 32.5 Å². The lowest BCUT2D eigenvalue weighted by Gasteiger charge is -2.13. The van der Waals surface area contributed by atoms with E-state index in [1.807, 2.05) is 0 Å². The Morgan fingerprint density at radius 3 is 2.43 bits per heavy atom. The van der Waals surface area contributed by atoms with Crippen molar-refractivity contribution in [2.45, 2.75) is 39.0 Å². The van der Waals surface area contributed by atoms with Gasteiger partial charge in [0.1, 0.15) is 0 Å². The van der Waals surface area contributed by atoms with Crippen LogP contribution in [0.25, 0.3) is 0 Å². The highest BCUT2D eigenvalue weighted by atomic mass is 32.1. The first-order valence-corrected chi connectivity index (χ1v) is 8.31. The summed E-state index contributed by atoms with van der Waals surface area (Å²) in [4.78, 5) is 2.18. The third kappa shape index (κ3) is 8.68. The van der Waals surface area contributed by atoms with E-state index >= 15 is 0 Å². The van der Waals surface area contributed by atoms with Crippen LogP contribution in [0.5, 0.6) is 0 Å². The maximum Gasteiger partial charge on any atom is 0.170 e. The summed E-state index contributed by atoms with van der Waals surface area (Å²) in [6.45, 7) is 4.21. The molecule has 0 fully saturated rings. The first-order chi connectivity index (χ1) is 10.1. The van der Waals surface area contributed by atoms with Crippen molar-refractivity contribution < 1.29 is 0 Å². The second kappa shape index (κ2) is 10.6. The number of aryl methyl sites for hydroxylation is 1. The van der Waals surface area contributed by atoms with Gasteiger partial charge in [0.05, 0.1) is 0 Å². The Balaban J connectivity index is 2.26. The molecule has 0 aromatic heterocycles. The van der Waals surface area contributed by atoms with Crippen LogP contribution in [0.4, 0.5) is 5.69 Å². The normalized spacial score (nSPS) is 10.7. The van der Waals surface area contributed by atoms with Gasteiger partial charge in [0.15, 0.2) is 5.11 Å². The van der Waals surface area contributed by atoms with Crippen molar-refractivity contribution in [1.82, 2.24) is 10.2 Å². The molecule has 4 heteroatoms. The minimum atomic E-state index is 0.701. The lowest BCUT2D eigenvalue weighted by Crippen LogP contribution is -2.30. The molecule has 0 saturated heterocycles. The van der Waals surface area contributed by atoms with Gasteiger partial charge in [-0.3, -0.25) is 0 Å². The summed E-state index contributed by atoms with van der Waals surface area (Å²) in [5.74, 6) is 0. The van der Waals surface area contributed by atoms with Crippen LogP contribution in [0, 0.1) is 0 Å². The lowest BCUT2D eigenvalue weighted by atomic mass is 10.1. The number of hydrogen-bond acceptors (Lipinski definition) is 2. The molecule has 0 atom stereocenters. The summed E-state index contributed by atoms with van der Waals surface area (Å²) in [6, 6.07) is 8.59. The maximum atomic E-state index is 5.30. The van der Waals surface area contributed by atoms with Crippen LogP contribution >= 0.6 is 12.2 Å². The highest BCUT2D eigenvalue weighted by Gasteiger charge is 1.99. The summed E-state index contributed by atoms with van der Waals surface area (Å²) in [5.41, 5.74) is 2.46. The van der Waals surface area contributed by atoms with E-state index in [0.717, 1.165) is 25.2 Å². The molecule has 0 bridgehead atoms. The molecule has 0 saturated carbocycles. The molecule has 1 rings (SSSR count). The highest BCUT2D eigenvalue weighted by molar-refractivity contribution is 7.80. The molecule has 1 aromatic carbocycles. The van der Waals surface area contributed by atoms with E-state index in [1.165, 1.54) is 31.2 Å². The van der Waals surface area contributed by atoms with E-state index in [1.54, 1.807) is 0 Å². The Labute approximate surface area is 135 Å². The van der Waals surface area contributed by atoms with E-state index in [0.29, 0.717) is 5.11 Å². The molecule has 0 aliphatic carbocycles. The monoisotopic (exact) mass is 307 g/mol. The topological polar surface area (TPSA) is 27.3 Å². The molecule has 2 N–H and O–H groups in total. The van der Waals surface area contributed by atoms with Gasteiger partial charge in [-0.15, -0.1) is 0 Å². The molecule has 1 aromatic rings. The van der Waals surface area contributed by atoms with Gasteiger partial charge in [-0.25, -0.2) is 0 Å². The van der Waals surface area contributed by atoms with E-state index in [2.05, 4.69) is 60.8 Å². The molecule has 0 radical (unpaired) electrons. The fraction of sp³-hybridized carbons (Fsp3) is 0.588. The van der Waals surface area contributed by atoms with E-state index in [4.69, 9.17) is 12.2 Å². The molecular formula is C17H29N3S. The van der Waals surface area contributed by atoms with Crippen molar-refractivity contribution in [3.63, 3.8) is 0 Å². The van der Waals surface area contributed by atoms with Gasteiger partial charge in [-0.1, -0.05) is 31.9 Å². The molecule has 0 aliphatic heterocycles. The first-order valence-electron chi connectivity index (χ1n) is 7.90. The van der Waals surface area contributed by atoms with Crippen molar-refractivity contribution in [1.29, 1.82) is 0 Å². The third-order valence-corrected chi connectivity index (χ3v) is 3.59. The Kier molecular flexibility index (Phi) is 9.02. The van der Waals surface area contributed by atoms with Gasteiger partial charge in [-0.2, -0.15) is 0 Å². The summed E-state index contributed by atoms with van der Waals surface area (Å²) in [6.07, 6.45) is 6.11. The van der Waals surface area contributed by atoms with Crippen LogP contribution < -0.4 is 10.6 Å². The Morgan fingerprint density at radius 1 is 1.10 bits per heavy atom. The van der Waals surface area contributed by atoms with Crippen LogP contribution in [0.1, 0.15) is 38.2 Å². The highest BCUT2D eigenvalue weighted by Crippen LogP contribution is 2.12. The van der Waals surface area contributed by atoms with Gasteiger partial charge < -0.3 is 15.5 Å². The zero-order valence-corrected chi connectivity index (χ0v) is 14.4. The zero-order valence-electron chi connectivity index (χ0n) is 13.6. The lowest BCUT2D eigenvalue weighted by molar-refractivity contribution is 0.400. The SMILES string of the molecule is CCCCCc1ccc(NC(=S)NCCCN(C)C)cc1. The summed E-state index contributed by atoms with van der Waals surface area (Å²) >= 11 is 5.30. The molecule has 0 amide bonds. The predicted molar refractivity (Wildman–Crippen MR) is 97.1 cm³/mol. The smallest absolute Gasteiger partial charge is 0.170 e. The van der Waals surface area contributed by atoms with E-state index in [9.17, 15) is 0 Å². The fourth-order valence-corrected chi connectivity index (χ4v) is 2.33. The number of nitrogens with zero attached hydrogens (tertiary/aromatic N) is 1. The standard InChI is InChI=1S/C17H29N3S/c1-4-5-6-8-15-9-11-16(12-10-15)19-17(21)18-13-7-14-20(2)3/h9-12H,4-8,13-14H2,1-3H3,(H2,18,19,21). The minimum absolute atomic E-state index is 0.701. The third-order valence-electron chi connectivity index (χ3n) is 3.35. The number of nitrogens with one attached hydrogen (secondary N) is 2. The Morgan fingerprint density at radius 2 is 1.81 bits per heavy atom. The number of benzene rings is 1. The summed E-state index contributed by atoms with van der Waals surface area (Å²) in [7, 11) is 4.16. The Bertz CT molecular complexity index is 401. The minimum Gasteiger partial charge on any atom is -0.362 e. The number of thiocarbonyl (C=S) groups is 1. The largest absolute Gasteiger partial charge is 0.362 e. The molecule has 0 heterocycles. The quantitative estimate of drug-likeness (QED) is 0.538. The molecule has 118 valence electrons. The average molecular weight is 308 g/mol. The van der Waals surface area contributed by atoms with Crippen molar-refractivity contribution in [2.24, 2.45) is 0 Å².